The Balaban J connectivity index is 0.000000184. The third-order valence-electron chi connectivity index (χ3n) is 9.48. The average Bonchev–Trinajstić information content (AvgIpc) is 4.05. The Hall–Kier alpha value is -6.83. The highest BCUT2D eigenvalue weighted by molar-refractivity contribution is 5.76. The fourth-order valence-corrected chi connectivity index (χ4v) is 6.73. The molecule has 2 saturated heterocycles. The molecule has 20 heteroatoms. The highest BCUT2D eigenvalue weighted by Gasteiger charge is 2.28. The molecular weight excluding hydrogens is 761 g/mol. The standard InChI is InChI=1S/C22H29N7O4.C17H21N7O2/c1-22(2,3)33-21(30)24-14-8-10-28(13-14)18-12-15(19-23-9-11-29(19)27-18)25-17-7-6-16(31-4)20(26-17)32-5;1-25-13-3-4-14(21-17(13)26-2)20-12-9-15(23-7-5-11(18)10-23)22-24-8-6-19-16(12)24/h6-7,9,11-12,14H,8,10,13H2,1-5H3,(H,24,30)(H,25,26);3-4,6,8-9,11H,5,7,10,18H2,1-2H3,(H,20,21). The molecule has 6 aromatic heterocycles. The van der Waals surface area contributed by atoms with Crippen molar-refractivity contribution < 1.29 is 28.5 Å². The van der Waals surface area contributed by atoms with Crippen LogP contribution in [0.2, 0.25) is 0 Å². The Kier molecular flexibility index (Phi) is 11.9. The molecule has 6 aromatic rings. The van der Waals surface area contributed by atoms with Crippen LogP contribution >= 0.6 is 0 Å². The fourth-order valence-electron chi connectivity index (χ4n) is 6.73. The highest BCUT2D eigenvalue weighted by Crippen LogP contribution is 2.32. The smallest absolute Gasteiger partial charge is 0.407 e. The average molecular weight is 811 g/mol. The minimum absolute atomic E-state index is 0.0240. The number of alkyl carbamates (subject to hydrolysis) is 1. The van der Waals surface area contributed by atoms with Gasteiger partial charge in [0, 0.05) is 69.1 Å². The van der Waals surface area contributed by atoms with Gasteiger partial charge >= 0.3 is 6.09 Å². The molecule has 59 heavy (non-hydrogen) atoms. The minimum Gasteiger partial charge on any atom is -0.491 e. The first-order chi connectivity index (χ1) is 28.4. The topological polar surface area (TPSA) is 218 Å². The largest absolute Gasteiger partial charge is 0.491 e. The van der Waals surface area contributed by atoms with Crippen molar-refractivity contribution in [2.45, 2.75) is 51.3 Å². The number of carbonyl (C=O) groups is 1. The van der Waals surface area contributed by atoms with Crippen molar-refractivity contribution >= 4 is 52.0 Å². The van der Waals surface area contributed by atoms with Crippen LogP contribution in [0.5, 0.6) is 23.3 Å². The van der Waals surface area contributed by atoms with Crippen LogP contribution in [0.4, 0.5) is 39.4 Å². The van der Waals surface area contributed by atoms with Crippen LogP contribution in [0.1, 0.15) is 33.6 Å². The zero-order chi connectivity index (χ0) is 41.7. The number of amides is 1. The molecule has 0 spiro atoms. The van der Waals surface area contributed by atoms with Gasteiger partial charge < -0.3 is 55.2 Å². The van der Waals surface area contributed by atoms with Crippen molar-refractivity contribution in [3.05, 3.63) is 61.2 Å². The third-order valence-corrected chi connectivity index (χ3v) is 9.48. The number of anilines is 6. The van der Waals surface area contributed by atoms with E-state index in [2.05, 4.69) is 55.9 Å². The SMILES string of the molecule is COc1ccc(Nc2cc(N3CCC(N)C3)nn3ccnc23)nc1OC.COc1ccc(Nc2cc(N3CCC(NC(=O)OC(C)(C)C)C3)nn3ccnc23)nc1OC. The van der Waals surface area contributed by atoms with E-state index in [9.17, 15) is 4.79 Å². The normalized spacial score (nSPS) is 16.4. The monoisotopic (exact) mass is 810 g/mol. The highest BCUT2D eigenvalue weighted by atomic mass is 16.6. The predicted octanol–water partition coefficient (Wildman–Crippen LogP) is 4.41. The van der Waals surface area contributed by atoms with Crippen LogP contribution in [0, 0.1) is 0 Å². The summed E-state index contributed by atoms with van der Waals surface area (Å²) in [7, 11) is 6.25. The van der Waals surface area contributed by atoms with Crippen molar-refractivity contribution in [2.75, 3.05) is 75.1 Å². The molecule has 0 aliphatic carbocycles. The summed E-state index contributed by atoms with van der Waals surface area (Å²) in [5.74, 6) is 4.74. The predicted molar refractivity (Wildman–Crippen MR) is 222 cm³/mol. The van der Waals surface area contributed by atoms with E-state index in [4.69, 9.17) is 29.4 Å². The summed E-state index contributed by atoms with van der Waals surface area (Å²) in [5, 5.41) is 18.9. The van der Waals surface area contributed by atoms with Crippen LogP contribution in [-0.2, 0) is 4.74 Å². The van der Waals surface area contributed by atoms with Gasteiger partial charge in [-0.1, -0.05) is 0 Å². The van der Waals surface area contributed by atoms with Gasteiger partial charge in [-0.05, 0) is 57.9 Å². The lowest BCUT2D eigenvalue weighted by molar-refractivity contribution is 0.0509. The van der Waals surface area contributed by atoms with Gasteiger partial charge in [0.1, 0.15) is 17.2 Å². The maximum absolute atomic E-state index is 12.1. The number of carbonyl (C=O) groups excluding carboxylic acids is 1. The van der Waals surface area contributed by atoms with Gasteiger partial charge in [-0.15, -0.1) is 10.2 Å². The summed E-state index contributed by atoms with van der Waals surface area (Å²) in [4.78, 5) is 34.1. The van der Waals surface area contributed by atoms with Crippen LogP contribution in [-0.4, -0.2) is 118 Å². The molecule has 0 saturated carbocycles. The van der Waals surface area contributed by atoms with Gasteiger partial charge in [0.15, 0.2) is 34.4 Å². The van der Waals surface area contributed by atoms with E-state index in [1.807, 2.05) is 45.2 Å². The van der Waals surface area contributed by atoms with Gasteiger partial charge in [0.05, 0.1) is 45.9 Å². The second-order valence-corrected chi connectivity index (χ2v) is 14.9. The lowest BCUT2D eigenvalue weighted by Crippen LogP contribution is -2.40. The van der Waals surface area contributed by atoms with Crippen LogP contribution in [0.15, 0.2) is 61.2 Å². The van der Waals surface area contributed by atoms with Crippen LogP contribution in [0.3, 0.4) is 0 Å². The van der Waals surface area contributed by atoms with Crippen molar-refractivity contribution in [1.82, 2.24) is 44.5 Å². The molecule has 2 fully saturated rings. The number of hydrogen-bond donors (Lipinski definition) is 4. The quantitative estimate of drug-likeness (QED) is 0.142. The number of imidazole rings is 2. The number of pyridine rings is 2. The van der Waals surface area contributed by atoms with E-state index in [-0.39, 0.29) is 12.1 Å². The van der Waals surface area contributed by atoms with Gasteiger partial charge in [-0.25, -0.2) is 23.8 Å². The molecule has 8 rings (SSSR count). The Morgan fingerprint density at radius 3 is 1.69 bits per heavy atom. The Morgan fingerprint density at radius 2 is 1.24 bits per heavy atom. The number of fused-ring (bicyclic) bond motifs is 2. The number of methoxy groups -OCH3 is 4. The van der Waals surface area contributed by atoms with E-state index >= 15 is 0 Å². The zero-order valence-corrected chi connectivity index (χ0v) is 34.2. The lowest BCUT2D eigenvalue weighted by atomic mass is 10.2. The number of nitrogens with zero attached hydrogens (tertiary/aromatic N) is 10. The van der Waals surface area contributed by atoms with E-state index in [0.29, 0.717) is 52.7 Å². The lowest BCUT2D eigenvalue weighted by Gasteiger charge is -2.22. The van der Waals surface area contributed by atoms with Crippen molar-refractivity contribution in [2.24, 2.45) is 5.73 Å². The van der Waals surface area contributed by atoms with Gasteiger partial charge in [0.25, 0.3) is 11.8 Å². The molecule has 2 aliphatic rings. The van der Waals surface area contributed by atoms with Crippen LogP contribution in [0.25, 0.3) is 11.3 Å². The summed E-state index contributed by atoms with van der Waals surface area (Å²) in [6.45, 7) is 8.60. The molecule has 2 unspecified atom stereocenters. The van der Waals surface area contributed by atoms with Crippen molar-refractivity contribution in [1.29, 1.82) is 0 Å². The summed E-state index contributed by atoms with van der Waals surface area (Å²) in [6.07, 6.45) is 8.37. The molecule has 20 nitrogen and oxygen atoms in total. The van der Waals surface area contributed by atoms with E-state index in [1.165, 1.54) is 0 Å². The Bertz CT molecular complexity index is 2400. The van der Waals surface area contributed by atoms with Gasteiger partial charge in [-0.3, -0.25) is 0 Å². The molecule has 5 N–H and O–H groups in total. The van der Waals surface area contributed by atoms with E-state index < -0.39 is 11.7 Å². The molecule has 8 heterocycles. The first kappa shape index (κ1) is 40.4. The first-order valence-corrected chi connectivity index (χ1v) is 19.1. The van der Waals surface area contributed by atoms with Crippen molar-refractivity contribution in [3.63, 3.8) is 0 Å². The Labute approximate surface area is 341 Å². The minimum atomic E-state index is -0.533. The summed E-state index contributed by atoms with van der Waals surface area (Å²) in [5.41, 5.74) is 8.43. The number of ether oxygens (including phenoxy) is 5. The number of nitrogens with two attached hydrogens (primary N) is 1. The fraction of sp³-hybridized carbons (Fsp3) is 0.410. The number of rotatable bonds is 11. The molecule has 2 aliphatic heterocycles. The van der Waals surface area contributed by atoms with Crippen molar-refractivity contribution in [3.8, 4) is 23.3 Å². The maximum Gasteiger partial charge on any atom is 0.407 e. The molecule has 2 atom stereocenters. The third kappa shape index (κ3) is 9.49. The van der Waals surface area contributed by atoms with Crippen LogP contribution < -0.4 is 50.4 Å². The molecule has 0 aromatic carbocycles. The maximum atomic E-state index is 12.1. The number of hydrogen-bond acceptors (Lipinski definition) is 17. The second-order valence-electron chi connectivity index (χ2n) is 14.9. The number of nitrogens with one attached hydrogen (secondary N) is 3. The molecule has 1 amide bonds. The second kappa shape index (κ2) is 17.3. The van der Waals surface area contributed by atoms with Gasteiger partial charge in [0.2, 0.25) is 0 Å². The molecule has 0 radical (unpaired) electrons. The summed E-state index contributed by atoms with van der Waals surface area (Å²) in [6, 6.07) is 11.3. The first-order valence-electron chi connectivity index (χ1n) is 19.1. The summed E-state index contributed by atoms with van der Waals surface area (Å²) < 4.78 is 29.9. The molecule has 0 bridgehead atoms. The van der Waals surface area contributed by atoms with E-state index in [1.54, 1.807) is 74.3 Å². The van der Waals surface area contributed by atoms with E-state index in [0.717, 1.165) is 55.5 Å². The molecule has 312 valence electrons. The molecular formula is C39H50N14O6. The van der Waals surface area contributed by atoms with Gasteiger partial charge in [-0.2, -0.15) is 9.97 Å². The number of aromatic nitrogens is 8. The summed E-state index contributed by atoms with van der Waals surface area (Å²) >= 11 is 0. The zero-order valence-electron chi connectivity index (χ0n) is 34.2. The Morgan fingerprint density at radius 1 is 0.729 bits per heavy atom.